The summed E-state index contributed by atoms with van der Waals surface area (Å²) in [5.74, 6) is -0.536. The Morgan fingerprint density at radius 2 is 1.03 bits per heavy atom. The van der Waals surface area contributed by atoms with Gasteiger partial charge >= 0.3 is 6.03 Å². The first-order chi connectivity index (χ1) is 17.0. The molecule has 4 aromatic rings. The number of carbonyl (C=O) groups excluding carboxylic acids is 3. The topological polar surface area (TPSA) is 99.3 Å². The number of aryl methyl sites for hydroxylation is 1. The van der Waals surface area contributed by atoms with Gasteiger partial charge in [0.15, 0.2) is 0 Å². The Morgan fingerprint density at radius 3 is 1.69 bits per heavy atom. The molecule has 4 amide bonds. The number of urea groups is 1. The number of nitrogens with one attached hydrogen (secondary N) is 4. The summed E-state index contributed by atoms with van der Waals surface area (Å²) in [6, 6.07) is 29.5. The lowest BCUT2D eigenvalue weighted by Crippen LogP contribution is -2.19. The Hall–Kier alpha value is -4.91. The molecule has 7 heteroatoms. The van der Waals surface area contributed by atoms with Crippen LogP contribution in [0.4, 0.5) is 27.5 Å². The van der Waals surface area contributed by atoms with E-state index in [1.165, 1.54) is 0 Å². The van der Waals surface area contributed by atoms with E-state index < -0.39 is 0 Å². The third-order valence-electron chi connectivity index (χ3n) is 5.22. The van der Waals surface area contributed by atoms with Gasteiger partial charge in [0.05, 0.1) is 0 Å². The molecular weight excluding hydrogens is 440 g/mol. The summed E-state index contributed by atoms with van der Waals surface area (Å²) in [5, 5.41) is 11.2. The molecule has 0 fully saturated rings. The standard InChI is InChI=1S/C28H24N4O3/c1-19-12-15-24(29-26(33)20-8-4-2-5-9-20)18-25(19)32-27(34)21-13-16-23(17-14-21)31-28(35)30-22-10-6-3-7-11-22/h2-18H,1H3,(H,29,33)(H,32,34)(H2,30,31,35). The van der Waals surface area contributed by atoms with Crippen molar-refractivity contribution >= 4 is 40.6 Å². The van der Waals surface area contributed by atoms with E-state index in [0.29, 0.717) is 33.9 Å². The molecule has 0 saturated carbocycles. The highest BCUT2D eigenvalue weighted by Crippen LogP contribution is 2.22. The van der Waals surface area contributed by atoms with Crippen LogP contribution in [0, 0.1) is 6.92 Å². The molecule has 0 radical (unpaired) electrons. The van der Waals surface area contributed by atoms with Crippen molar-refractivity contribution in [2.75, 3.05) is 21.3 Å². The maximum absolute atomic E-state index is 12.8. The first kappa shape index (κ1) is 23.3. The average molecular weight is 465 g/mol. The van der Waals surface area contributed by atoms with Crippen molar-refractivity contribution in [3.05, 3.63) is 120 Å². The summed E-state index contributed by atoms with van der Waals surface area (Å²) in [6.45, 7) is 1.87. The van der Waals surface area contributed by atoms with Gasteiger partial charge < -0.3 is 21.3 Å². The highest BCUT2D eigenvalue weighted by atomic mass is 16.2. The van der Waals surface area contributed by atoms with Crippen molar-refractivity contribution in [1.82, 2.24) is 0 Å². The number of hydrogen-bond donors (Lipinski definition) is 4. The SMILES string of the molecule is Cc1ccc(NC(=O)c2ccccc2)cc1NC(=O)c1ccc(NC(=O)Nc2ccccc2)cc1. The number of anilines is 4. The van der Waals surface area contributed by atoms with E-state index in [1.807, 2.05) is 37.3 Å². The lowest BCUT2D eigenvalue weighted by atomic mass is 10.1. The third kappa shape index (κ3) is 6.33. The largest absolute Gasteiger partial charge is 0.323 e. The maximum Gasteiger partial charge on any atom is 0.323 e. The first-order valence-corrected chi connectivity index (χ1v) is 11.0. The number of para-hydroxylation sites is 1. The fourth-order valence-corrected chi connectivity index (χ4v) is 3.34. The quantitative estimate of drug-likeness (QED) is 0.276. The van der Waals surface area contributed by atoms with Crippen molar-refractivity contribution < 1.29 is 14.4 Å². The van der Waals surface area contributed by atoms with E-state index in [1.54, 1.807) is 72.8 Å². The molecule has 7 nitrogen and oxygen atoms in total. The van der Waals surface area contributed by atoms with Crippen molar-refractivity contribution in [1.29, 1.82) is 0 Å². The lowest BCUT2D eigenvalue weighted by molar-refractivity contribution is 0.101. The Kier molecular flexibility index (Phi) is 7.18. The second-order valence-corrected chi connectivity index (χ2v) is 7.83. The van der Waals surface area contributed by atoms with Crippen LogP contribution in [0.15, 0.2) is 103 Å². The second-order valence-electron chi connectivity index (χ2n) is 7.83. The molecule has 0 unspecified atom stereocenters. The lowest BCUT2D eigenvalue weighted by Gasteiger charge is -2.12. The van der Waals surface area contributed by atoms with Gasteiger partial charge in [-0.05, 0) is 73.2 Å². The van der Waals surface area contributed by atoms with E-state index in [9.17, 15) is 14.4 Å². The number of rotatable bonds is 6. The minimum atomic E-state index is -0.376. The maximum atomic E-state index is 12.8. The Balaban J connectivity index is 1.38. The molecule has 0 heterocycles. The molecule has 0 spiro atoms. The first-order valence-electron chi connectivity index (χ1n) is 11.0. The summed E-state index contributed by atoms with van der Waals surface area (Å²) < 4.78 is 0. The highest BCUT2D eigenvalue weighted by molar-refractivity contribution is 6.07. The summed E-state index contributed by atoms with van der Waals surface area (Å²) in [4.78, 5) is 37.4. The van der Waals surface area contributed by atoms with E-state index >= 15 is 0 Å². The van der Waals surface area contributed by atoms with Gasteiger partial charge in [0.25, 0.3) is 11.8 Å². The number of benzene rings is 4. The summed E-state index contributed by atoms with van der Waals surface area (Å²) in [5.41, 5.74) is 4.22. The van der Waals surface area contributed by atoms with Crippen molar-refractivity contribution in [3.63, 3.8) is 0 Å². The Bertz CT molecular complexity index is 1340. The minimum absolute atomic E-state index is 0.230. The zero-order valence-electron chi connectivity index (χ0n) is 19.0. The van der Waals surface area contributed by atoms with E-state index in [0.717, 1.165) is 5.56 Å². The molecule has 0 aliphatic carbocycles. The fraction of sp³-hybridized carbons (Fsp3) is 0.0357. The molecular formula is C28H24N4O3. The molecule has 35 heavy (non-hydrogen) atoms. The molecule has 4 N–H and O–H groups in total. The number of carbonyl (C=O) groups is 3. The Labute approximate surface area is 203 Å². The van der Waals surface area contributed by atoms with Gasteiger partial charge in [-0.1, -0.05) is 42.5 Å². The number of hydrogen-bond acceptors (Lipinski definition) is 3. The summed E-state index contributed by atoms with van der Waals surface area (Å²) in [7, 11) is 0. The molecule has 0 bridgehead atoms. The highest BCUT2D eigenvalue weighted by Gasteiger charge is 2.11. The normalized spacial score (nSPS) is 10.2. The van der Waals surface area contributed by atoms with Crippen LogP contribution in [-0.4, -0.2) is 17.8 Å². The van der Waals surface area contributed by atoms with Crippen molar-refractivity contribution in [2.24, 2.45) is 0 Å². The monoisotopic (exact) mass is 464 g/mol. The minimum Gasteiger partial charge on any atom is -0.322 e. The zero-order valence-corrected chi connectivity index (χ0v) is 19.0. The van der Waals surface area contributed by atoms with Gasteiger partial charge in [0, 0.05) is 33.9 Å². The van der Waals surface area contributed by atoms with Crippen LogP contribution >= 0.6 is 0 Å². The Morgan fingerprint density at radius 1 is 0.514 bits per heavy atom. The van der Waals surface area contributed by atoms with Crippen LogP contribution in [0.2, 0.25) is 0 Å². The molecule has 4 aromatic carbocycles. The summed E-state index contributed by atoms with van der Waals surface area (Å²) >= 11 is 0. The van der Waals surface area contributed by atoms with Gasteiger partial charge in [-0.25, -0.2) is 4.79 Å². The summed E-state index contributed by atoms with van der Waals surface area (Å²) in [6.07, 6.45) is 0. The van der Waals surface area contributed by atoms with Gasteiger partial charge in [-0.15, -0.1) is 0 Å². The molecule has 4 rings (SSSR count). The van der Waals surface area contributed by atoms with Crippen LogP contribution < -0.4 is 21.3 Å². The van der Waals surface area contributed by atoms with Crippen LogP contribution in [0.1, 0.15) is 26.3 Å². The van der Waals surface area contributed by atoms with Crippen LogP contribution in [0.25, 0.3) is 0 Å². The second kappa shape index (κ2) is 10.8. The van der Waals surface area contributed by atoms with Crippen LogP contribution in [0.3, 0.4) is 0 Å². The van der Waals surface area contributed by atoms with Gasteiger partial charge in [0.1, 0.15) is 0 Å². The average Bonchev–Trinajstić information content (AvgIpc) is 2.87. The predicted octanol–water partition coefficient (Wildman–Crippen LogP) is 6.14. The van der Waals surface area contributed by atoms with Crippen LogP contribution in [0.5, 0.6) is 0 Å². The number of amides is 4. The zero-order chi connectivity index (χ0) is 24.6. The molecule has 0 aliphatic rings. The van der Waals surface area contributed by atoms with Crippen LogP contribution in [-0.2, 0) is 0 Å². The smallest absolute Gasteiger partial charge is 0.322 e. The van der Waals surface area contributed by atoms with E-state index in [-0.39, 0.29) is 17.8 Å². The van der Waals surface area contributed by atoms with E-state index in [4.69, 9.17) is 0 Å². The molecule has 0 atom stereocenters. The molecule has 0 aromatic heterocycles. The van der Waals surface area contributed by atoms with Gasteiger partial charge in [-0.2, -0.15) is 0 Å². The fourth-order valence-electron chi connectivity index (χ4n) is 3.34. The van der Waals surface area contributed by atoms with Crippen molar-refractivity contribution in [3.8, 4) is 0 Å². The van der Waals surface area contributed by atoms with Gasteiger partial charge in [0.2, 0.25) is 0 Å². The third-order valence-corrected chi connectivity index (χ3v) is 5.22. The predicted molar refractivity (Wildman–Crippen MR) is 139 cm³/mol. The van der Waals surface area contributed by atoms with Crippen molar-refractivity contribution in [2.45, 2.75) is 6.92 Å². The molecule has 174 valence electrons. The molecule has 0 saturated heterocycles. The van der Waals surface area contributed by atoms with E-state index in [2.05, 4.69) is 21.3 Å². The molecule has 0 aliphatic heterocycles. The van der Waals surface area contributed by atoms with Gasteiger partial charge in [-0.3, -0.25) is 9.59 Å².